The van der Waals surface area contributed by atoms with Crippen molar-refractivity contribution in [3.63, 3.8) is 0 Å². The number of para-hydroxylation sites is 1. The molecule has 0 radical (unpaired) electrons. The summed E-state index contributed by atoms with van der Waals surface area (Å²) in [6.45, 7) is 0. The summed E-state index contributed by atoms with van der Waals surface area (Å²) >= 11 is 4.30. The van der Waals surface area contributed by atoms with Gasteiger partial charge in [0, 0.05) is 5.56 Å². The summed E-state index contributed by atoms with van der Waals surface area (Å²) in [5.41, 5.74) is 6.06. The molecule has 0 spiro atoms. The minimum absolute atomic E-state index is 0.165. The topological polar surface area (TPSA) is 105 Å². The molecule has 0 aliphatic carbocycles. The van der Waals surface area contributed by atoms with Crippen molar-refractivity contribution in [1.82, 2.24) is 0 Å². The van der Waals surface area contributed by atoms with Crippen LogP contribution in [-0.4, -0.2) is 19.5 Å². The molecule has 2 rings (SSSR count). The molecule has 6 nitrogen and oxygen atoms in total. The van der Waals surface area contributed by atoms with Gasteiger partial charge in [-0.1, -0.05) is 17.3 Å². The van der Waals surface area contributed by atoms with E-state index in [1.54, 1.807) is 24.3 Å². The Kier molecular flexibility index (Phi) is 4.31. The number of sulfonamides is 1. The minimum Gasteiger partial charge on any atom is -0.409 e. The van der Waals surface area contributed by atoms with E-state index >= 15 is 0 Å². The first kappa shape index (κ1) is 14.8. The number of hydrogen-bond acceptors (Lipinski definition) is 5. The third-order valence-corrected chi connectivity index (χ3v) is 5.85. The fourth-order valence-electron chi connectivity index (χ4n) is 1.49. The number of anilines is 1. The molecule has 0 aliphatic rings. The molecule has 0 saturated carbocycles. The maximum Gasteiger partial charge on any atom is 0.271 e. The van der Waals surface area contributed by atoms with Crippen molar-refractivity contribution < 1.29 is 13.6 Å². The minimum atomic E-state index is -3.71. The molecule has 0 aliphatic heterocycles. The molecule has 0 saturated heterocycles. The van der Waals surface area contributed by atoms with Crippen LogP contribution in [0.5, 0.6) is 0 Å². The number of nitrogens with two attached hydrogens (primary N) is 1. The summed E-state index contributed by atoms with van der Waals surface area (Å²) < 4.78 is 27.7. The largest absolute Gasteiger partial charge is 0.409 e. The number of oxime groups is 1. The van der Waals surface area contributed by atoms with Gasteiger partial charge in [-0.05, 0) is 40.2 Å². The predicted molar refractivity (Wildman–Crippen MR) is 81.8 cm³/mol. The standard InChI is InChI=1S/C11H10BrN3O3S2/c12-9-5-6-10(19-9)20(17,18)15-8-4-2-1-3-7(8)11(13)14-16/h1-6,15-16H,(H2,13,14). The molecule has 0 unspecified atom stereocenters. The van der Waals surface area contributed by atoms with Crippen LogP contribution in [0.3, 0.4) is 0 Å². The van der Waals surface area contributed by atoms with Crippen molar-refractivity contribution in [2.45, 2.75) is 4.21 Å². The Morgan fingerprint density at radius 3 is 2.60 bits per heavy atom. The Hall–Kier alpha value is -1.58. The number of rotatable bonds is 4. The quantitative estimate of drug-likeness (QED) is 0.330. The number of hydrogen-bond donors (Lipinski definition) is 3. The molecule has 4 N–H and O–H groups in total. The molecule has 1 heterocycles. The highest BCUT2D eigenvalue weighted by atomic mass is 79.9. The van der Waals surface area contributed by atoms with Crippen LogP contribution in [0.25, 0.3) is 0 Å². The zero-order valence-electron chi connectivity index (χ0n) is 9.95. The molecular weight excluding hydrogens is 366 g/mol. The van der Waals surface area contributed by atoms with E-state index in [1.165, 1.54) is 12.1 Å². The summed E-state index contributed by atoms with van der Waals surface area (Å²) in [5.74, 6) is -0.171. The summed E-state index contributed by atoms with van der Waals surface area (Å²) in [5, 5.41) is 11.6. The van der Waals surface area contributed by atoms with Gasteiger partial charge in [0.15, 0.2) is 5.84 Å². The lowest BCUT2D eigenvalue weighted by molar-refractivity contribution is 0.318. The van der Waals surface area contributed by atoms with E-state index in [-0.39, 0.29) is 15.7 Å². The van der Waals surface area contributed by atoms with Gasteiger partial charge in [-0.25, -0.2) is 8.42 Å². The van der Waals surface area contributed by atoms with Crippen LogP contribution < -0.4 is 10.5 Å². The molecule has 0 bridgehead atoms. The zero-order valence-corrected chi connectivity index (χ0v) is 13.2. The Morgan fingerprint density at radius 2 is 2.00 bits per heavy atom. The van der Waals surface area contributed by atoms with E-state index in [1.807, 2.05) is 0 Å². The third kappa shape index (κ3) is 3.11. The molecule has 20 heavy (non-hydrogen) atoms. The molecule has 0 amide bonds. The third-order valence-electron chi connectivity index (χ3n) is 2.37. The Labute approximate surface area is 128 Å². The van der Waals surface area contributed by atoms with Crippen LogP contribution in [0.15, 0.2) is 49.5 Å². The van der Waals surface area contributed by atoms with Gasteiger partial charge in [0.1, 0.15) is 4.21 Å². The van der Waals surface area contributed by atoms with Gasteiger partial charge >= 0.3 is 0 Å². The number of halogens is 1. The van der Waals surface area contributed by atoms with Gasteiger partial charge in [-0.15, -0.1) is 11.3 Å². The summed E-state index contributed by atoms with van der Waals surface area (Å²) in [4.78, 5) is 0. The molecule has 9 heteroatoms. The Bertz CT molecular complexity index is 756. The van der Waals surface area contributed by atoms with Gasteiger partial charge in [-0.3, -0.25) is 4.72 Å². The smallest absolute Gasteiger partial charge is 0.271 e. The van der Waals surface area contributed by atoms with Crippen molar-refractivity contribution in [2.24, 2.45) is 10.9 Å². The van der Waals surface area contributed by atoms with Gasteiger partial charge in [0.25, 0.3) is 10.0 Å². The highest BCUT2D eigenvalue weighted by Crippen LogP contribution is 2.28. The first-order valence-corrected chi connectivity index (χ1v) is 8.38. The predicted octanol–water partition coefficient (Wildman–Crippen LogP) is 2.41. The van der Waals surface area contributed by atoms with Crippen LogP contribution in [0.4, 0.5) is 5.69 Å². The van der Waals surface area contributed by atoms with E-state index < -0.39 is 10.0 Å². The molecule has 1 aromatic heterocycles. The molecule has 0 fully saturated rings. The van der Waals surface area contributed by atoms with Crippen LogP contribution in [0.1, 0.15) is 5.56 Å². The van der Waals surface area contributed by atoms with Crippen molar-refractivity contribution in [1.29, 1.82) is 0 Å². The molecular formula is C11H10BrN3O3S2. The first-order chi connectivity index (χ1) is 9.44. The van der Waals surface area contributed by atoms with E-state index in [9.17, 15) is 8.42 Å². The van der Waals surface area contributed by atoms with Crippen molar-refractivity contribution in [3.8, 4) is 0 Å². The molecule has 2 aromatic rings. The number of benzene rings is 1. The lowest BCUT2D eigenvalue weighted by Crippen LogP contribution is -2.18. The average molecular weight is 376 g/mol. The second kappa shape index (κ2) is 5.81. The first-order valence-electron chi connectivity index (χ1n) is 5.29. The van der Waals surface area contributed by atoms with Crippen LogP contribution >= 0.6 is 27.3 Å². The monoisotopic (exact) mass is 375 g/mol. The van der Waals surface area contributed by atoms with E-state index in [0.29, 0.717) is 9.35 Å². The number of amidine groups is 1. The fourth-order valence-corrected chi connectivity index (χ4v) is 4.58. The molecule has 106 valence electrons. The van der Waals surface area contributed by atoms with E-state index in [0.717, 1.165) is 11.3 Å². The lowest BCUT2D eigenvalue weighted by Gasteiger charge is -2.10. The summed E-state index contributed by atoms with van der Waals surface area (Å²) in [6.07, 6.45) is 0. The Morgan fingerprint density at radius 1 is 1.30 bits per heavy atom. The molecule has 0 atom stereocenters. The molecule has 1 aromatic carbocycles. The second-order valence-corrected chi connectivity index (χ2v) is 8.07. The van der Waals surface area contributed by atoms with Gasteiger partial charge in [0.2, 0.25) is 0 Å². The van der Waals surface area contributed by atoms with Gasteiger partial charge < -0.3 is 10.9 Å². The van der Waals surface area contributed by atoms with Gasteiger partial charge in [0.05, 0.1) is 9.47 Å². The highest BCUT2D eigenvalue weighted by molar-refractivity contribution is 9.11. The second-order valence-electron chi connectivity index (χ2n) is 3.69. The van der Waals surface area contributed by atoms with Crippen molar-refractivity contribution >= 4 is 48.8 Å². The van der Waals surface area contributed by atoms with E-state index in [2.05, 4.69) is 25.8 Å². The fraction of sp³-hybridized carbons (Fsp3) is 0. The zero-order chi connectivity index (χ0) is 14.8. The average Bonchev–Trinajstić information content (AvgIpc) is 2.86. The van der Waals surface area contributed by atoms with Crippen molar-refractivity contribution in [3.05, 3.63) is 45.7 Å². The number of nitrogens with zero attached hydrogens (tertiary/aromatic N) is 1. The van der Waals surface area contributed by atoms with Crippen LogP contribution in [0, 0.1) is 0 Å². The number of nitrogens with one attached hydrogen (secondary N) is 1. The normalized spacial score (nSPS) is 12.3. The van der Waals surface area contributed by atoms with Gasteiger partial charge in [-0.2, -0.15) is 0 Å². The SMILES string of the molecule is N/C(=N/O)c1ccccc1NS(=O)(=O)c1ccc(Br)s1. The summed E-state index contributed by atoms with van der Waals surface area (Å²) in [6, 6.07) is 9.53. The Balaban J connectivity index is 2.40. The lowest BCUT2D eigenvalue weighted by atomic mass is 10.2. The van der Waals surface area contributed by atoms with Crippen LogP contribution in [-0.2, 0) is 10.0 Å². The highest BCUT2D eigenvalue weighted by Gasteiger charge is 2.18. The van der Waals surface area contributed by atoms with E-state index in [4.69, 9.17) is 10.9 Å². The van der Waals surface area contributed by atoms with Crippen LogP contribution in [0.2, 0.25) is 0 Å². The van der Waals surface area contributed by atoms with Crippen molar-refractivity contribution in [2.75, 3.05) is 4.72 Å². The number of thiophene rings is 1. The maximum atomic E-state index is 12.2. The maximum absolute atomic E-state index is 12.2. The summed E-state index contributed by atoms with van der Waals surface area (Å²) in [7, 11) is -3.71.